The van der Waals surface area contributed by atoms with Gasteiger partial charge in [-0.1, -0.05) is 28.1 Å². The number of thioether (sulfide) groups is 1. The van der Waals surface area contributed by atoms with Gasteiger partial charge < -0.3 is 0 Å². The van der Waals surface area contributed by atoms with Crippen LogP contribution < -0.4 is 5.43 Å². The third kappa shape index (κ3) is 5.34. The maximum absolute atomic E-state index is 11.7. The molecule has 0 aliphatic carbocycles. The minimum absolute atomic E-state index is 0.0573. The summed E-state index contributed by atoms with van der Waals surface area (Å²) in [5.41, 5.74) is 3.51. The van der Waals surface area contributed by atoms with Crippen LogP contribution in [0.3, 0.4) is 0 Å². The van der Waals surface area contributed by atoms with E-state index in [1.807, 2.05) is 36.0 Å². The summed E-state index contributed by atoms with van der Waals surface area (Å²) in [7, 11) is 0. The molecule has 1 aromatic carbocycles. The molecular formula is C13H16BrN3OS. The lowest BCUT2D eigenvalue weighted by Gasteiger charge is -2.24. The molecule has 0 atom stereocenters. The maximum Gasteiger partial charge on any atom is 0.254 e. The van der Waals surface area contributed by atoms with Crippen LogP contribution in [0, 0.1) is 0 Å². The maximum atomic E-state index is 11.7. The van der Waals surface area contributed by atoms with E-state index in [-0.39, 0.29) is 5.91 Å². The standard InChI is InChI=1S/C13H16BrN3OS/c14-12-3-1-2-11(8-12)9-15-16-13(18)10-17-4-6-19-7-5-17/h1-3,8-9H,4-7,10H2,(H,16,18). The summed E-state index contributed by atoms with van der Waals surface area (Å²) in [4.78, 5) is 13.8. The predicted molar refractivity (Wildman–Crippen MR) is 83.6 cm³/mol. The Morgan fingerprint density at radius 2 is 2.26 bits per heavy atom. The Bertz CT molecular complexity index is 461. The highest BCUT2D eigenvalue weighted by molar-refractivity contribution is 9.10. The number of carbonyl (C=O) groups is 1. The second-order valence-electron chi connectivity index (χ2n) is 4.24. The van der Waals surface area contributed by atoms with Gasteiger partial charge in [0, 0.05) is 29.1 Å². The molecule has 1 aromatic rings. The number of rotatable bonds is 4. The molecule has 1 aliphatic heterocycles. The molecule has 4 nitrogen and oxygen atoms in total. The van der Waals surface area contributed by atoms with Crippen molar-refractivity contribution in [3.63, 3.8) is 0 Å². The third-order valence-electron chi connectivity index (χ3n) is 2.72. The number of hydrogen-bond donors (Lipinski definition) is 1. The minimum atomic E-state index is -0.0573. The highest BCUT2D eigenvalue weighted by atomic mass is 79.9. The summed E-state index contributed by atoms with van der Waals surface area (Å²) in [6.07, 6.45) is 1.65. The zero-order chi connectivity index (χ0) is 13.5. The van der Waals surface area contributed by atoms with Crippen molar-refractivity contribution in [1.82, 2.24) is 10.3 Å². The lowest BCUT2D eigenvalue weighted by molar-refractivity contribution is -0.122. The van der Waals surface area contributed by atoms with E-state index in [1.54, 1.807) is 6.21 Å². The van der Waals surface area contributed by atoms with E-state index in [2.05, 4.69) is 31.4 Å². The molecule has 0 radical (unpaired) electrons. The first kappa shape index (κ1) is 14.6. The average molecular weight is 342 g/mol. The summed E-state index contributed by atoms with van der Waals surface area (Å²) in [6.45, 7) is 2.39. The van der Waals surface area contributed by atoms with Crippen molar-refractivity contribution in [3.8, 4) is 0 Å². The second-order valence-corrected chi connectivity index (χ2v) is 6.38. The summed E-state index contributed by atoms with van der Waals surface area (Å²) in [5, 5.41) is 3.97. The first-order valence-electron chi connectivity index (χ1n) is 6.11. The zero-order valence-corrected chi connectivity index (χ0v) is 12.9. The molecule has 1 amide bonds. The topological polar surface area (TPSA) is 44.7 Å². The van der Waals surface area contributed by atoms with E-state index in [0.29, 0.717) is 6.54 Å². The van der Waals surface area contributed by atoms with Crippen LogP contribution >= 0.6 is 27.7 Å². The largest absolute Gasteiger partial charge is 0.293 e. The van der Waals surface area contributed by atoms with Crippen LogP contribution in [0.2, 0.25) is 0 Å². The number of nitrogens with zero attached hydrogens (tertiary/aromatic N) is 2. The molecule has 0 bridgehead atoms. The van der Waals surface area contributed by atoms with E-state index < -0.39 is 0 Å². The van der Waals surface area contributed by atoms with Crippen LogP contribution in [-0.2, 0) is 4.79 Å². The molecule has 19 heavy (non-hydrogen) atoms. The molecule has 0 unspecified atom stereocenters. The molecule has 1 N–H and O–H groups in total. The van der Waals surface area contributed by atoms with Gasteiger partial charge in [-0.2, -0.15) is 16.9 Å². The van der Waals surface area contributed by atoms with Gasteiger partial charge in [-0.3, -0.25) is 9.69 Å². The van der Waals surface area contributed by atoms with Crippen molar-refractivity contribution in [2.24, 2.45) is 5.10 Å². The Morgan fingerprint density at radius 3 is 3.00 bits per heavy atom. The predicted octanol–water partition coefficient (Wildman–Crippen LogP) is 1.95. The number of nitrogens with one attached hydrogen (secondary N) is 1. The number of carbonyl (C=O) groups excluding carboxylic acids is 1. The van der Waals surface area contributed by atoms with Gasteiger partial charge in [0.1, 0.15) is 0 Å². The van der Waals surface area contributed by atoms with E-state index in [9.17, 15) is 4.79 Å². The Balaban J connectivity index is 1.76. The van der Waals surface area contributed by atoms with Gasteiger partial charge in [0.2, 0.25) is 0 Å². The smallest absolute Gasteiger partial charge is 0.254 e. The fraction of sp³-hybridized carbons (Fsp3) is 0.385. The van der Waals surface area contributed by atoms with Gasteiger partial charge in [-0.25, -0.2) is 5.43 Å². The zero-order valence-electron chi connectivity index (χ0n) is 10.5. The van der Waals surface area contributed by atoms with Gasteiger partial charge in [0.15, 0.2) is 0 Å². The van der Waals surface area contributed by atoms with Gasteiger partial charge in [-0.05, 0) is 17.7 Å². The Labute approximate surface area is 125 Å². The number of amides is 1. The van der Waals surface area contributed by atoms with Crippen LogP contribution in [0.1, 0.15) is 5.56 Å². The van der Waals surface area contributed by atoms with Gasteiger partial charge in [0.25, 0.3) is 5.91 Å². The molecule has 1 saturated heterocycles. The van der Waals surface area contributed by atoms with Crippen LogP contribution in [0.15, 0.2) is 33.8 Å². The molecule has 1 fully saturated rings. The number of hydrogen-bond acceptors (Lipinski definition) is 4. The first-order valence-corrected chi connectivity index (χ1v) is 8.06. The van der Waals surface area contributed by atoms with Crippen LogP contribution in [0.5, 0.6) is 0 Å². The molecule has 0 spiro atoms. The summed E-state index contributed by atoms with van der Waals surface area (Å²) < 4.78 is 0.994. The van der Waals surface area contributed by atoms with Crippen molar-refractivity contribution < 1.29 is 4.79 Å². The van der Waals surface area contributed by atoms with E-state index >= 15 is 0 Å². The van der Waals surface area contributed by atoms with Crippen molar-refractivity contribution in [3.05, 3.63) is 34.3 Å². The quantitative estimate of drug-likeness (QED) is 0.672. The fourth-order valence-electron chi connectivity index (χ4n) is 1.76. The molecule has 6 heteroatoms. The SMILES string of the molecule is O=C(CN1CCSCC1)NN=Cc1cccc(Br)c1. The van der Waals surface area contributed by atoms with Crippen molar-refractivity contribution in [2.45, 2.75) is 0 Å². The molecule has 0 saturated carbocycles. The highest BCUT2D eigenvalue weighted by Crippen LogP contribution is 2.10. The molecule has 1 aliphatic rings. The number of benzene rings is 1. The molecular weight excluding hydrogens is 326 g/mol. The van der Waals surface area contributed by atoms with Crippen LogP contribution in [0.25, 0.3) is 0 Å². The molecule has 2 rings (SSSR count). The molecule has 1 heterocycles. The average Bonchev–Trinajstić information content (AvgIpc) is 2.40. The lowest BCUT2D eigenvalue weighted by Crippen LogP contribution is -2.40. The van der Waals surface area contributed by atoms with Crippen molar-refractivity contribution in [1.29, 1.82) is 0 Å². The fourth-order valence-corrected chi connectivity index (χ4v) is 3.16. The van der Waals surface area contributed by atoms with Gasteiger partial charge in [0.05, 0.1) is 12.8 Å². The van der Waals surface area contributed by atoms with E-state index in [1.165, 1.54) is 0 Å². The highest BCUT2D eigenvalue weighted by Gasteiger charge is 2.13. The number of hydrazone groups is 1. The Kier molecular flexibility index (Phi) is 5.88. The van der Waals surface area contributed by atoms with Crippen LogP contribution in [0.4, 0.5) is 0 Å². The summed E-state index contributed by atoms with van der Waals surface area (Å²) >= 11 is 5.33. The summed E-state index contributed by atoms with van der Waals surface area (Å²) in [5.74, 6) is 2.15. The van der Waals surface area contributed by atoms with Crippen molar-refractivity contribution in [2.75, 3.05) is 31.1 Å². The van der Waals surface area contributed by atoms with E-state index in [0.717, 1.165) is 34.6 Å². The number of halogens is 1. The minimum Gasteiger partial charge on any atom is -0.293 e. The van der Waals surface area contributed by atoms with Gasteiger partial charge in [-0.15, -0.1) is 0 Å². The molecule has 102 valence electrons. The van der Waals surface area contributed by atoms with Crippen LogP contribution in [-0.4, -0.2) is 48.2 Å². The lowest BCUT2D eigenvalue weighted by atomic mass is 10.2. The second kappa shape index (κ2) is 7.67. The van der Waals surface area contributed by atoms with Gasteiger partial charge >= 0.3 is 0 Å². The molecule has 0 aromatic heterocycles. The Hall–Kier alpha value is -0.850. The van der Waals surface area contributed by atoms with E-state index in [4.69, 9.17) is 0 Å². The summed E-state index contributed by atoms with van der Waals surface area (Å²) in [6, 6.07) is 7.75. The third-order valence-corrected chi connectivity index (χ3v) is 4.16. The first-order chi connectivity index (χ1) is 9.24. The Morgan fingerprint density at radius 1 is 1.47 bits per heavy atom. The normalized spacial score (nSPS) is 16.7. The monoisotopic (exact) mass is 341 g/mol. The van der Waals surface area contributed by atoms with Crippen molar-refractivity contribution >= 4 is 39.8 Å².